The lowest BCUT2D eigenvalue weighted by Crippen LogP contribution is -2.42. The average molecular weight is 725 g/mol. The number of amides is 1. The number of halogens is 3. The SMILES string of the molecule is Br.Br.CCN(CC)CCN(CCNCCc1ccc(O)c2[nH]c(=O)sc12)C(=O)CCOCCc1ccc(Cl)cc1. The highest BCUT2D eigenvalue weighted by atomic mass is 79.9. The highest BCUT2D eigenvalue weighted by Crippen LogP contribution is 2.27. The molecule has 3 N–H and O–H groups in total. The van der Waals surface area contributed by atoms with E-state index in [0.29, 0.717) is 51.3 Å². The number of aromatic amines is 1. The van der Waals surface area contributed by atoms with Crippen molar-refractivity contribution in [1.82, 2.24) is 20.1 Å². The van der Waals surface area contributed by atoms with Gasteiger partial charge in [0.1, 0.15) is 11.3 Å². The summed E-state index contributed by atoms with van der Waals surface area (Å²) in [5.41, 5.74) is 2.67. The standard InChI is InChI=1S/C28H39ClN4O4S.2BrH/c1-3-32(4-2)17-18-33(25(35)13-20-37-19-12-21-5-8-23(29)9-6-21)16-15-30-14-11-22-7-10-24(34)26-27(22)38-28(36)31-26;;/h5-10,30,34H,3-4,11-20H2,1-2H3,(H,31,36);2*1H. The van der Waals surface area contributed by atoms with E-state index in [9.17, 15) is 14.7 Å². The first kappa shape index (κ1) is 36.6. The molecule has 8 nitrogen and oxygen atoms in total. The zero-order valence-electron chi connectivity index (χ0n) is 23.1. The molecule has 12 heteroatoms. The molecule has 1 aromatic heterocycles. The molecule has 0 aliphatic carbocycles. The fraction of sp³-hybridized carbons (Fsp3) is 0.500. The largest absolute Gasteiger partial charge is 0.506 e. The van der Waals surface area contributed by atoms with Gasteiger partial charge in [0, 0.05) is 31.2 Å². The zero-order valence-corrected chi connectivity index (χ0v) is 28.1. The number of H-pyrrole nitrogens is 1. The van der Waals surface area contributed by atoms with Gasteiger partial charge in [-0.3, -0.25) is 9.59 Å². The number of fused-ring (bicyclic) bond motifs is 1. The summed E-state index contributed by atoms with van der Waals surface area (Å²) in [5.74, 6) is 0.189. The lowest BCUT2D eigenvalue weighted by Gasteiger charge is -2.27. The second kappa shape index (κ2) is 19.6. The van der Waals surface area contributed by atoms with Crippen molar-refractivity contribution in [2.45, 2.75) is 33.1 Å². The van der Waals surface area contributed by atoms with Crippen LogP contribution in [0.4, 0.5) is 0 Å². The van der Waals surface area contributed by atoms with Gasteiger partial charge in [-0.15, -0.1) is 34.0 Å². The predicted molar refractivity (Wildman–Crippen MR) is 176 cm³/mol. The summed E-state index contributed by atoms with van der Waals surface area (Å²) < 4.78 is 6.54. The number of benzene rings is 2. The smallest absolute Gasteiger partial charge is 0.305 e. The van der Waals surface area contributed by atoms with Gasteiger partial charge < -0.3 is 29.9 Å². The van der Waals surface area contributed by atoms with Crippen molar-refractivity contribution in [3.63, 3.8) is 0 Å². The summed E-state index contributed by atoms with van der Waals surface area (Å²) >= 11 is 7.05. The molecule has 0 radical (unpaired) electrons. The molecule has 1 amide bonds. The van der Waals surface area contributed by atoms with E-state index in [1.54, 1.807) is 6.07 Å². The molecule has 40 heavy (non-hydrogen) atoms. The van der Waals surface area contributed by atoms with Crippen molar-refractivity contribution >= 4 is 73.0 Å². The third kappa shape index (κ3) is 11.8. The quantitative estimate of drug-likeness (QED) is 0.169. The van der Waals surface area contributed by atoms with Crippen molar-refractivity contribution in [2.24, 2.45) is 0 Å². The molecule has 3 aromatic rings. The molecule has 0 fully saturated rings. The van der Waals surface area contributed by atoms with Crippen LogP contribution in [0.5, 0.6) is 5.75 Å². The summed E-state index contributed by atoms with van der Waals surface area (Å²) in [6, 6.07) is 11.2. The molecule has 0 aliphatic heterocycles. The van der Waals surface area contributed by atoms with Gasteiger partial charge in [0.15, 0.2) is 0 Å². The number of thiazole rings is 1. The van der Waals surface area contributed by atoms with Crippen molar-refractivity contribution in [2.75, 3.05) is 59.0 Å². The third-order valence-electron chi connectivity index (χ3n) is 6.61. The number of aromatic nitrogens is 1. The van der Waals surface area contributed by atoms with Gasteiger partial charge in [-0.05, 0) is 61.8 Å². The highest BCUT2D eigenvalue weighted by Gasteiger charge is 2.15. The monoisotopic (exact) mass is 722 g/mol. The fourth-order valence-corrected chi connectivity index (χ4v) is 5.28. The van der Waals surface area contributed by atoms with E-state index in [2.05, 4.69) is 29.0 Å². The van der Waals surface area contributed by atoms with Crippen LogP contribution in [-0.2, 0) is 22.4 Å². The second-order valence-electron chi connectivity index (χ2n) is 9.11. The molecule has 3 rings (SSSR count). The Morgan fingerprint density at radius 3 is 2.42 bits per heavy atom. The van der Waals surface area contributed by atoms with Gasteiger partial charge in [0.25, 0.3) is 0 Å². The topological polar surface area (TPSA) is 97.9 Å². The fourth-order valence-electron chi connectivity index (χ4n) is 4.26. The van der Waals surface area contributed by atoms with E-state index in [0.717, 1.165) is 64.7 Å². The number of hydrogen-bond donors (Lipinski definition) is 3. The molecule has 0 spiro atoms. The number of likely N-dealkylation sites (N-methyl/N-ethyl adjacent to an activating group) is 1. The Morgan fingerprint density at radius 2 is 1.73 bits per heavy atom. The Balaban J connectivity index is 0.00000400. The molecule has 0 unspecified atom stereocenters. The Morgan fingerprint density at radius 1 is 1.00 bits per heavy atom. The van der Waals surface area contributed by atoms with Crippen LogP contribution in [0.3, 0.4) is 0 Å². The molecule has 224 valence electrons. The predicted octanol–water partition coefficient (Wildman–Crippen LogP) is 5.06. The second-order valence-corrected chi connectivity index (χ2v) is 10.5. The number of aromatic hydroxyl groups is 1. The maximum atomic E-state index is 13.0. The van der Waals surface area contributed by atoms with E-state index < -0.39 is 0 Å². The number of phenolic OH excluding ortho intramolecular Hbond substituents is 1. The summed E-state index contributed by atoms with van der Waals surface area (Å²) in [6.45, 7) is 10.7. The summed E-state index contributed by atoms with van der Waals surface area (Å²) in [6.07, 6.45) is 1.87. The summed E-state index contributed by atoms with van der Waals surface area (Å²) in [4.78, 5) is 31.5. The van der Waals surface area contributed by atoms with Crippen molar-refractivity contribution in [3.8, 4) is 5.75 Å². The molecule has 0 saturated carbocycles. The molecule has 0 bridgehead atoms. The van der Waals surface area contributed by atoms with Crippen LogP contribution < -0.4 is 10.2 Å². The van der Waals surface area contributed by atoms with E-state index in [-0.39, 0.29) is 50.5 Å². The van der Waals surface area contributed by atoms with E-state index in [4.69, 9.17) is 16.3 Å². The minimum atomic E-state index is -0.174. The number of carbonyl (C=O) groups excluding carboxylic acids is 1. The lowest BCUT2D eigenvalue weighted by atomic mass is 10.1. The van der Waals surface area contributed by atoms with Crippen LogP contribution in [0.2, 0.25) is 5.02 Å². The first-order chi connectivity index (χ1) is 18.4. The van der Waals surface area contributed by atoms with Crippen molar-refractivity contribution in [1.29, 1.82) is 0 Å². The van der Waals surface area contributed by atoms with Gasteiger partial charge >= 0.3 is 4.87 Å². The molecule has 2 aromatic carbocycles. The van der Waals surface area contributed by atoms with Crippen LogP contribution >= 0.6 is 56.9 Å². The van der Waals surface area contributed by atoms with E-state index in [1.165, 1.54) is 0 Å². The van der Waals surface area contributed by atoms with Gasteiger partial charge in [0.2, 0.25) is 5.91 Å². The molecular formula is C28H41Br2ClN4O4S. The van der Waals surface area contributed by atoms with E-state index in [1.807, 2.05) is 35.2 Å². The Labute approximate surface area is 266 Å². The van der Waals surface area contributed by atoms with Crippen molar-refractivity contribution < 1.29 is 14.6 Å². The number of ether oxygens (including phenoxy) is 1. The molecule has 0 aliphatic rings. The van der Waals surface area contributed by atoms with Gasteiger partial charge in [-0.2, -0.15) is 0 Å². The molecular weight excluding hydrogens is 684 g/mol. The number of nitrogens with zero attached hydrogens (tertiary/aromatic N) is 2. The Kier molecular flexibility index (Phi) is 17.9. The number of carbonyl (C=O) groups is 1. The number of rotatable bonds is 17. The first-order valence-corrected chi connectivity index (χ1v) is 14.5. The van der Waals surface area contributed by atoms with Crippen molar-refractivity contribution in [3.05, 3.63) is 62.2 Å². The Hall–Kier alpha value is -1.47. The van der Waals surface area contributed by atoms with Gasteiger partial charge in [-0.1, -0.05) is 55.0 Å². The minimum Gasteiger partial charge on any atom is -0.506 e. The molecule has 0 atom stereocenters. The van der Waals surface area contributed by atoms with Crippen LogP contribution in [0.1, 0.15) is 31.4 Å². The van der Waals surface area contributed by atoms with Crippen LogP contribution in [0, 0.1) is 0 Å². The third-order valence-corrected chi connectivity index (χ3v) is 7.82. The zero-order chi connectivity index (χ0) is 27.3. The summed E-state index contributed by atoms with van der Waals surface area (Å²) in [7, 11) is 0. The molecule has 0 saturated heterocycles. The molecule has 1 heterocycles. The first-order valence-electron chi connectivity index (χ1n) is 13.3. The Bertz CT molecular complexity index is 1210. The number of nitrogens with one attached hydrogen (secondary N) is 2. The van der Waals surface area contributed by atoms with Crippen LogP contribution in [-0.4, -0.2) is 84.8 Å². The maximum absolute atomic E-state index is 13.0. The number of phenols is 1. The summed E-state index contributed by atoms with van der Waals surface area (Å²) in [5, 5.41) is 14.1. The average Bonchev–Trinajstić information content (AvgIpc) is 3.32. The van der Waals surface area contributed by atoms with E-state index >= 15 is 0 Å². The van der Waals surface area contributed by atoms with Crippen LogP contribution in [0.25, 0.3) is 10.2 Å². The lowest BCUT2D eigenvalue weighted by molar-refractivity contribution is -0.132. The minimum absolute atomic E-state index is 0. The maximum Gasteiger partial charge on any atom is 0.305 e. The van der Waals surface area contributed by atoms with Gasteiger partial charge in [0.05, 0.1) is 24.3 Å². The normalized spacial score (nSPS) is 10.9. The number of hydrogen-bond acceptors (Lipinski definition) is 7. The highest BCUT2D eigenvalue weighted by molar-refractivity contribution is 8.93. The van der Waals surface area contributed by atoms with Gasteiger partial charge in [-0.25, -0.2) is 0 Å². The van der Waals surface area contributed by atoms with Crippen LogP contribution in [0.15, 0.2) is 41.2 Å².